The van der Waals surface area contributed by atoms with Gasteiger partial charge in [-0.1, -0.05) is 30.3 Å². The molecule has 0 spiro atoms. The van der Waals surface area contributed by atoms with Gasteiger partial charge in [-0.3, -0.25) is 4.90 Å². The molecule has 2 N–H and O–H groups in total. The third-order valence-corrected chi connectivity index (χ3v) is 3.19. The summed E-state index contributed by atoms with van der Waals surface area (Å²) in [5.74, 6) is 0. The first-order valence-corrected chi connectivity index (χ1v) is 6.70. The lowest BCUT2D eigenvalue weighted by molar-refractivity contribution is 0.0455. The lowest BCUT2D eigenvalue weighted by Gasteiger charge is -2.26. The van der Waals surface area contributed by atoms with E-state index in [0.29, 0.717) is 12.7 Å². The highest BCUT2D eigenvalue weighted by molar-refractivity contribution is 5.13. The van der Waals surface area contributed by atoms with Crippen molar-refractivity contribution in [2.24, 2.45) is 5.73 Å². The Morgan fingerprint density at radius 1 is 1.33 bits per heavy atom. The van der Waals surface area contributed by atoms with Crippen molar-refractivity contribution < 1.29 is 4.74 Å². The Bertz CT molecular complexity index is 359. The van der Waals surface area contributed by atoms with Crippen LogP contribution in [0.15, 0.2) is 30.3 Å². The van der Waals surface area contributed by atoms with Crippen LogP contribution in [0.3, 0.4) is 0 Å². The molecule has 1 aromatic carbocycles. The van der Waals surface area contributed by atoms with E-state index in [9.17, 15) is 0 Å². The van der Waals surface area contributed by atoms with Crippen LogP contribution in [-0.2, 0) is 11.3 Å². The third-order valence-electron chi connectivity index (χ3n) is 3.19. The highest BCUT2D eigenvalue weighted by atomic mass is 16.5. The van der Waals surface area contributed by atoms with Gasteiger partial charge < -0.3 is 10.5 Å². The van der Waals surface area contributed by atoms with E-state index in [2.05, 4.69) is 43.0 Å². The minimum atomic E-state index is -0.117. The Balaban J connectivity index is 1.73. The molecule has 1 aromatic rings. The van der Waals surface area contributed by atoms with Crippen LogP contribution >= 0.6 is 0 Å². The number of likely N-dealkylation sites (tertiary alicyclic amines) is 1. The van der Waals surface area contributed by atoms with Gasteiger partial charge >= 0.3 is 0 Å². The van der Waals surface area contributed by atoms with Crippen LogP contribution < -0.4 is 5.73 Å². The molecule has 1 atom stereocenters. The van der Waals surface area contributed by atoms with Crippen LogP contribution in [0.1, 0.15) is 25.8 Å². The summed E-state index contributed by atoms with van der Waals surface area (Å²) in [4.78, 5) is 2.40. The van der Waals surface area contributed by atoms with E-state index >= 15 is 0 Å². The van der Waals surface area contributed by atoms with Crippen LogP contribution in [0.5, 0.6) is 0 Å². The molecule has 3 heteroatoms. The van der Waals surface area contributed by atoms with Crippen molar-refractivity contribution in [1.82, 2.24) is 4.90 Å². The van der Waals surface area contributed by atoms with E-state index < -0.39 is 0 Å². The second-order valence-corrected chi connectivity index (χ2v) is 5.93. The predicted molar refractivity (Wildman–Crippen MR) is 74.3 cm³/mol. The number of hydrogen-bond donors (Lipinski definition) is 1. The highest BCUT2D eigenvalue weighted by Gasteiger charge is 2.26. The normalized spacial score (nSPS) is 21.4. The average Bonchev–Trinajstić information content (AvgIpc) is 2.73. The van der Waals surface area contributed by atoms with Crippen molar-refractivity contribution in [1.29, 1.82) is 0 Å². The summed E-state index contributed by atoms with van der Waals surface area (Å²) in [6.45, 7) is 7.91. The summed E-state index contributed by atoms with van der Waals surface area (Å²) in [5.41, 5.74) is 7.17. The molecule has 0 aromatic heterocycles. The molecular weight excluding hydrogens is 224 g/mol. The van der Waals surface area contributed by atoms with Crippen LogP contribution in [0, 0.1) is 0 Å². The Morgan fingerprint density at radius 3 is 2.72 bits per heavy atom. The largest absolute Gasteiger partial charge is 0.372 e. The molecule has 18 heavy (non-hydrogen) atoms. The average molecular weight is 248 g/mol. The number of ether oxygens (including phenoxy) is 1. The molecule has 1 aliphatic rings. The number of nitrogens with two attached hydrogens (primary N) is 1. The molecule has 0 saturated carbocycles. The molecule has 0 aliphatic carbocycles. The van der Waals surface area contributed by atoms with Gasteiger partial charge in [-0.05, 0) is 25.8 Å². The maximum absolute atomic E-state index is 6.04. The van der Waals surface area contributed by atoms with E-state index in [-0.39, 0.29) is 5.54 Å². The van der Waals surface area contributed by atoms with E-state index in [0.717, 1.165) is 26.1 Å². The SMILES string of the molecule is CC(C)(N)CN1CC[C@@H](OCc2ccccc2)C1. The van der Waals surface area contributed by atoms with Crippen LogP contribution in [-0.4, -0.2) is 36.2 Å². The Labute approximate surface area is 110 Å². The maximum Gasteiger partial charge on any atom is 0.0721 e. The highest BCUT2D eigenvalue weighted by Crippen LogP contribution is 2.16. The molecule has 2 rings (SSSR count). The maximum atomic E-state index is 6.04. The van der Waals surface area contributed by atoms with Crippen molar-refractivity contribution in [3.05, 3.63) is 35.9 Å². The zero-order valence-electron chi connectivity index (χ0n) is 11.4. The van der Waals surface area contributed by atoms with E-state index in [1.807, 2.05) is 6.07 Å². The fourth-order valence-electron chi connectivity index (χ4n) is 2.44. The molecule has 1 heterocycles. The minimum Gasteiger partial charge on any atom is -0.372 e. The summed E-state index contributed by atoms with van der Waals surface area (Å²) in [5, 5.41) is 0. The Morgan fingerprint density at radius 2 is 2.06 bits per heavy atom. The van der Waals surface area contributed by atoms with Gasteiger partial charge in [0.05, 0.1) is 12.7 Å². The number of hydrogen-bond acceptors (Lipinski definition) is 3. The summed E-state index contributed by atoms with van der Waals surface area (Å²) >= 11 is 0. The zero-order valence-corrected chi connectivity index (χ0v) is 11.4. The molecule has 0 bridgehead atoms. The van der Waals surface area contributed by atoms with Gasteiger partial charge in [0.1, 0.15) is 0 Å². The first-order chi connectivity index (χ1) is 8.53. The van der Waals surface area contributed by atoms with Gasteiger partial charge in [0, 0.05) is 25.2 Å². The number of nitrogens with zero attached hydrogens (tertiary/aromatic N) is 1. The van der Waals surface area contributed by atoms with Gasteiger partial charge in [-0.25, -0.2) is 0 Å². The number of rotatable bonds is 5. The number of benzene rings is 1. The van der Waals surface area contributed by atoms with Crippen LogP contribution in [0.2, 0.25) is 0 Å². The fourth-order valence-corrected chi connectivity index (χ4v) is 2.44. The molecule has 1 aliphatic heterocycles. The Hall–Kier alpha value is -0.900. The van der Waals surface area contributed by atoms with E-state index in [1.54, 1.807) is 0 Å². The Kier molecular flexibility index (Phi) is 4.38. The lowest BCUT2D eigenvalue weighted by Crippen LogP contribution is -2.44. The van der Waals surface area contributed by atoms with Crippen molar-refractivity contribution in [2.75, 3.05) is 19.6 Å². The van der Waals surface area contributed by atoms with Gasteiger partial charge in [0.15, 0.2) is 0 Å². The quantitative estimate of drug-likeness (QED) is 0.866. The smallest absolute Gasteiger partial charge is 0.0721 e. The molecule has 1 saturated heterocycles. The monoisotopic (exact) mass is 248 g/mol. The first-order valence-electron chi connectivity index (χ1n) is 6.70. The van der Waals surface area contributed by atoms with Gasteiger partial charge in [-0.2, -0.15) is 0 Å². The standard InChI is InChI=1S/C15H24N2O/c1-15(2,16)12-17-9-8-14(10-17)18-11-13-6-4-3-5-7-13/h3-7,14H,8-12,16H2,1-2H3/t14-/m1/s1. The lowest BCUT2D eigenvalue weighted by atomic mass is 10.1. The zero-order chi connectivity index (χ0) is 13.0. The molecular formula is C15H24N2O. The van der Waals surface area contributed by atoms with Crippen molar-refractivity contribution in [3.8, 4) is 0 Å². The summed E-state index contributed by atoms with van der Waals surface area (Å²) in [6.07, 6.45) is 1.47. The van der Waals surface area contributed by atoms with Crippen molar-refractivity contribution in [2.45, 2.75) is 38.5 Å². The van der Waals surface area contributed by atoms with Crippen molar-refractivity contribution in [3.63, 3.8) is 0 Å². The second kappa shape index (κ2) is 5.83. The van der Waals surface area contributed by atoms with E-state index in [4.69, 9.17) is 10.5 Å². The molecule has 0 unspecified atom stereocenters. The van der Waals surface area contributed by atoms with Crippen LogP contribution in [0.4, 0.5) is 0 Å². The third kappa shape index (κ3) is 4.41. The summed E-state index contributed by atoms with van der Waals surface area (Å²) < 4.78 is 5.95. The molecule has 1 fully saturated rings. The first kappa shape index (κ1) is 13.5. The summed E-state index contributed by atoms with van der Waals surface area (Å²) in [6, 6.07) is 10.3. The van der Waals surface area contributed by atoms with Crippen LogP contribution in [0.25, 0.3) is 0 Å². The molecule has 0 radical (unpaired) electrons. The second-order valence-electron chi connectivity index (χ2n) is 5.93. The predicted octanol–water partition coefficient (Wildman–Crippen LogP) is 2.01. The van der Waals surface area contributed by atoms with Gasteiger partial charge in [0.2, 0.25) is 0 Å². The van der Waals surface area contributed by atoms with Gasteiger partial charge in [0.25, 0.3) is 0 Å². The van der Waals surface area contributed by atoms with E-state index in [1.165, 1.54) is 5.56 Å². The molecule has 100 valence electrons. The molecule has 3 nitrogen and oxygen atoms in total. The van der Waals surface area contributed by atoms with Crippen molar-refractivity contribution >= 4 is 0 Å². The molecule has 0 amide bonds. The minimum absolute atomic E-state index is 0.117. The topological polar surface area (TPSA) is 38.5 Å². The van der Waals surface area contributed by atoms with Gasteiger partial charge in [-0.15, -0.1) is 0 Å². The summed E-state index contributed by atoms with van der Waals surface area (Å²) in [7, 11) is 0. The fraction of sp³-hybridized carbons (Fsp3) is 0.600.